The third kappa shape index (κ3) is 6.88. The fourth-order valence-electron chi connectivity index (χ4n) is 3.72. The molecule has 3 rings (SSSR count). The molecule has 0 aliphatic heterocycles. The molecule has 1 atom stereocenters. The van der Waals surface area contributed by atoms with Gasteiger partial charge in [0, 0.05) is 22.8 Å². The lowest BCUT2D eigenvalue weighted by Crippen LogP contribution is -2.50. The van der Waals surface area contributed by atoms with Crippen molar-refractivity contribution in [1.82, 2.24) is 10.2 Å². The van der Waals surface area contributed by atoms with Gasteiger partial charge in [-0.3, -0.25) is 9.59 Å². The summed E-state index contributed by atoms with van der Waals surface area (Å²) in [4.78, 5) is 27.7. The normalized spacial score (nSPS) is 15.0. The van der Waals surface area contributed by atoms with Crippen LogP contribution in [0.15, 0.2) is 59.1 Å². The number of nitrogens with one attached hydrogen (secondary N) is 1. The van der Waals surface area contributed by atoms with Crippen LogP contribution in [-0.4, -0.2) is 34.6 Å². The van der Waals surface area contributed by atoms with E-state index < -0.39 is 6.04 Å². The minimum Gasteiger partial charge on any atom is -0.352 e. The van der Waals surface area contributed by atoms with Crippen molar-refractivity contribution in [2.45, 2.75) is 57.0 Å². The van der Waals surface area contributed by atoms with Gasteiger partial charge in [0.25, 0.3) is 0 Å². The number of hydrogen-bond donors (Lipinski definition) is 1. The molecular weight excluding hydrogens is 460 g/mol. The molecule has 0 aromatic heterocycles. The van der Waals surface area contributed by atoms with E-state index in [9.17, 15) is 9.59 Å². The van der Waals surface area contributed by atoms with Gasteiger partial charge in [0.05, 0.1) is 5.75 Å². The number of halogens is 1. The number of benzene rings is 2. The van der Waals surface area contributed by atoms with E-state index in [1.54, 1.807) is 16.7 Å². The van der Waals surface area contributed by atoms with E-state index in [1.807, 2.05) is 49.4 Å². The number of carbonyl (C=O) groups excluding carboxylic acids is 2. The molecule has 0 heterocycles. The van der Waals surface area contributed by atoms with Crippen LogP contribution in [-0.2, 0) is 21.9 Å². The predicted molar refractivity (Wildman–Crippen MR) is 127 cm³/mol. The van der Waals surface area contributed by atoms with Crippen LogP contribution in [0, 0.1) is 0 Å². The maximum absolute atomic E-state index is 13.1. The first-order valence-electron chi connectivity index (χ1n) is 10.5. The average molecular weight is 489 g/mol. The monoisotopic (exact) mass is 488 g/mol. The van der Waals surface area contributed by atoms with Gasteiger partial charge in [-0.15, -0.1) is 11.8 Å². The Kier molecular flexibility index (Phi) is 8.82. The van der Waals surface area contributed by atoms with E-state index in [-0.39, 0.29) is 17.9 Å². The minimum atomic E-state index is -0.505. The van der Waals surface area contributed by atoms with Gasteiger partial charge in [0.2, 0.25) is 11.8 Å². The van der Waals surface area contributed by atoms with E-state index in [0.717, 1.165) is 41.5 Å². The maximum atomic E-state index is 13.1. The smallest absolute Gasteiger partial charge is 0.242 e. The Morgan fingerprint density at radius 3 is 2.50 bits per heavy atom. The number of carbonyl (C=O) groups is 2. The summed E-state index contributed by atoms with van der Waals surface area (Å²) in [7, 11) is 0. The Morgan fingerprint density at radius 2 is 1.80 bits per heavy atom. The van der Waals surface area contributed by atoms with E-state index in [0.29, 0.717) is 12.3 Å². The first-order valence-corrected chi connectivity index (χ1v) is 12.4. The second-order valence-corrected chi connectivity index (χ2v) is 9.70. The van der Waals surface area contributed by atoms with Crippen LogP contribution >= 0.6 is 27.7 Å². The molecule has 1 saturated carbocycles. The number of amides is 2. The zero-order valence-electron chi connectivity index (χ0n) is 17.4. The molecule has 4 nitrogen and oxygen atoms in total. The third-order valence-corrected chi connectivity index (χ3v) is 6.93. The van der Waals surface area contributed by atoms with E-state index in [2.05, 4.69) is 33.4 Å². The number of thioether (sulfide) groups is 1. The van der Waals surface area contributed by atoms with Crippen molar-refractivity contribution in [3.8, 4) is 0 Å². The van der Waals surface area contributed by atoms with Gasteiger partial charge in [0.15, 0.2) is 0 Å². The predicted octanol–water partition coefficient (Wildman–Crippen LogP) is 5.16. The highest BCUT2D eigenvalue weighted by Crippen LogP contribution is 2.20. The van der Waals surface area contributed by atoms with Gasteiger partial charge in [-0.05, 0) is 43.0 Å². The lowest BCUT2D eigenvalue weighted by molar-refractivity contribution is -0.138. The van der Waals surface area contributed by atoms with Crippen LogP contribution in [0.5, 0.6) is 0 Å². The molecule has 0 bridgehead atoms. The molecule has 2 aromatic rings. The standard InChI is InChI=1S/C24H29BrN2O2S/c1-18(24(29)26-22-12-5-6-13-22)27(15-20-10-7-11-21(25)14-20)23(28)17-30-16-19-8-3-2-4-9-19/h2-4,7-11,14,18,22H,5-6,12-13,15-17H2,1H3,(H,26,29). The van der Waals surface area contributed by atoms with Crippen LogP contribution in [0.4, 0.5) is 0 Å². The van der Waals surface area contributed by atoms with Gasteiger partial charge in [0.1, 0.15) is 6.04 Å². The summed E-state index contributed by atoms with van der Waals surface area (Å²) < 4.78 is 0.967. The summed E-state index contributed by atoms with van der Waals surface area (Å²) in [6.07, 6.45) is 4.39. The van der Waals surface area contributed by atoms with Crippen LogP contribution in [0.3, 0.4) is 0 Å². The highest BCUT2D eigenvalue weighted by molar-refractivity contribution is 9.10. The quantitative estimate of drug-likeness (QED) is 0.530. The Labute approximate surface area is 191 Å². The third-order valence-electron chi connectivity index (χ3n) is 5.45. The minimum absolute atomic E-state index is 0.00928. The molecule has 1 N–H and O–H groups in total. The molecule has 2 amide bonds. The van der Waals surface area contributed by atoms with Crippen LogP contribution < -0.4 is 5.32 Å². The SMILES string of the molecule is CC(C(=O)NC1CCCC1)N(Cc1cccc(Br)c1)C(=O)CSCc1ccccc1. The molecule has 1 unspecified atom stereocenters. The summed E-state index contributed by atoms with van der Waals surface area (Å²) in [5, 5.41) is 3.14. The average Bonchev–Trinajstić information content (AvgIpc) is 3.25. The molecule has 1 fully saturated rings. The summed E-state index contributed by atoms with van der Waals surface area (Å²) in [6, 6.07) is 17.8. The highest BCUT2D eigenvalue weighted by atomic mass is 79.9. The highest BCUT2D eigenvalue weighted by Gasteiger charge is 2.28. The summed E-state index contributed by atoms with van der Waals surface area (Å²) >= 11 is 5.08. The number of rotatable bonds is 9. The maximum Gasteiger partial charge on any atom is 0.242 e. The van der Waals surface area contributed by atoms with Crippen LogP contribution in [0.2, 0.25) is 0 Å². The van der Waals surface area contributed by atoms with E-state index in [1.165, 1.54) is 5.56 Å². The topological polar surface area (TPSA) is 49.4 Å². The second-order valence-electron chi connectivity index (χ2n) is 7.80. The van der Waals surface area contributed by atoms with Gasteiger partial charge < -0.3 is 10.2 Å². The van der Waals surface area contributed by atoms with Gasteiger partial charge in [-0.2, -0.15) is 0 Å². The zero-order valence-corrected chi connectivity index (χ0v) is 19.8. The Morgan fingerprint density at radius 1 is 1.10 bits per heavy atom. The van der Waals surface area contributed by atoms with E-state index in [4.69, 9.17) is 0 Å². The second kappa shape index (κ2) is 11.6. The number of hydrogen-bond acceptors (Lipinski definition) is 3. The number of nitrogens with zero attached hydrogens (tertiary/aromatic N) is 1. The molecule has 0 saturated heterocycles. The molecule has 0 spiro atoms. The van der Waals surface area contributed by atoms with Gasteiger partial charge in [-0.1, -0.05) is 71.2 Å². The molecular formula is C24H29BrN2O2S. The molecule has 1 aliphatic rings. The molecule has 2 aromatic carbocycles. The van der Waals surface area contributed by atoms with Crippen molar-refractivity contribution in [2.24, 2.45) is 0 Å². The fraction of sp³-hybridized carbons (Fsp3) is 0.417. The van der Waals surface area contributed by atoms with Gasteiger partial charge in [-0.25, -0.2) is 0 Å². The zero-order chi connectivity index (χ0) is 21.3. The van der Waals surface area contributed by atoms with Crippen molar-refractivity contribution >= 4 is 39.5 Å². The van der Waals surface area contributed by atoms with Crippen molar-refractivity contribution < 1.29 is 9.59 Å². The summed E-state index contributed by atoms with van der Waals surface area (Å²) in [6.45, 7) is 2.26. The fourth-order valence-corrected chi connectivity index (χ4v) is 5.04. The molecule has 6 heteroatoms. The molecule has 1 aliphatic carbocycles. The summed E-state index contributed by atoms with van der Waals surface area (Å²) in [5.74, 6) is 1.06. The van der Waals surface area contributed by atoms with Crippen LogP contribution in [0.1, 0.15) is 43.7 Å². The first kappa shape index (κ1) is 22.9. The van der Waals surface area contributed by atoms with Crippen molar-refractivity contribution in [3.05, 3.63) is 70.2 Å². The molecule has 0 radical (unpaired) electrons. The Balaban J connectivity index is 1.65. The van der Waals surface area contributed by atoms with Crippen LogP contribution in [0.25, 0.3) is 0 Å². The molecule has 30 heavy (non-hydrogen) atoms. The van der Waals surface area contributed by atoms with Gasteiger partial charge >= 0.3 is 0 Å². The van der Waals surface area contributed by atoms with Crippen molar-refractivity contribution in [1.29, 1.82) is 0 Å². The first-order chi connectivity index (χ1) is 14.5. The Hall–Kier alpha value is -1.79. The molecule has 160 valence electrons. The lowest BCUT2D eigenvalue weighted by Gasteiger charge is -2.29. The van der Waals surface area contributed by atoms with Crippen molar-refractivity contribution in [2.75, 3.05) is 5.75 Å². The largest absolute Gasteiger partial charge is 0.352 e. The Bertz CT molecular complexity index is 840. The summed E-state index contributed by atoms with van der Waals surface area (Å²) in [5.41, 5.74) is 2.20. The van der Waals surface area contributed by atoms with E-state index >= 15 is 0 Å². The van der Waals surface area contributed by atoms with Crippen molar-refractivity contribution in [3.63, 3.8) is 0 Å². The lowest BCUT2D eigenvalue weighted by atomic mass is 10.1.